The summed E-state index contributed by atoms with van der Waals surface area (Å²) in [6.45, 7) is 3.75. The van der Waals surface area contributed by atoms with Crippen LogP contribution in [0, 0.1) is 13.8 Å². The van der Waals surface area contributed by atoms with Gasteiger partial charge in [-0.1, -0.05) is 6.07 Å². The molecule has 0 bridgehead atoms. The Morgan fingerprint density at radius 3 is 2.37 bits per heavy atom. The minimum Gasteiger partial charge on any atom is -0.456 e. The van der Waals surface area contributed by atoms with Crippen LogP contribution >= 0.6 is 11.8 Å². The zero-order valence-corrected chi connectivity index (χ0v) is 16.1. The van der Waals surface area contributed by atoms with Crippen molar-refractivity contribution >= 4 is 35.2 Å². The van der Waals surface area contributed by atoms with Crippen molar-refractivity contribution in [2.24, 2.45) is 5.73 Å². The molecule has 27 heavy (non-hydrogen) atoms. The van der Waals surface area contributed by atoms with Crippen LogP contribution in [0.1, 0.15) is 27.9 Å². The second-order valence-electron chi connectivity index (χ2n) is 5.99. The van der Waals surface area contributed by atoms with Gasteiger partial charge >= 0.3 is 5.97 Å². The predicted molar refractivity (Wildman–Crippen MR) is 106 cm³/mol. The van der Waals surface area contributed by atoms with Crippen LogP contribution in [0.4, 0.5) is 5.69 Å². The van der Waals surface area contributed by atoms with E-state index in [0.29, 0.717) is 17.0 Å². The summed E-state index contributed by atoms with van der Waals surface area (Å²) in [6, 6.07) is 12.3. The van der Waals surface area contributed by atoms with E-state index in [9.17, 15) is 14.4 Å². The van der Waals surface area contributed by atoms with Crippen LogP contribution in [-0.2, 0) is 14.3 Å². The van der Waals surface area contributed by atoms with Gasteiger partial charge in [-0.3, -0.25) is 14.4 Å². The molecule has 0 fully saturated rings. The molecule has 3 N–H and O–H groups in total. The van der Waals surface area contributed by atoms with E-state index in [2.05, 4.69) is 24.4 Å². The molecule has 0 saturated heterocycles. The molecule has 0 aliphatic rings. The molecule has 2 aromatic rings. The topological polar surface area (TPSA) is 98.5 Å². The summed E-state index contributed by atoms with van der Waals surface area (Å²) in [5, 5.41) is 2.58. The van der Waals surface area contributed by atoms with E-state index in [-0.39, 0.29) is 13.0 Å². The Balaban J connectivity index is 1.69. The average Bonchev–Trinajstić information content (AvgIpc) is 2.63. The first-order chi connectivity index (χ1) is 12.8. The summed E-state index contributed by atoms with van der Waals surface area (Å²) in [5.41, 5.74) is 8.43. The standard InChI is InChI=1S/C20H22N2O4S/c1-13-3-8-17(11-14(13)2)27-10-9-19(24)26-12-18(23)22-16-6-4-15(5-7-16)20(21)25/h3-8,11H,9-10,12H2,1-2H3,(H2,21,25)(H,22,23). The average molecular weight is 386 g/mol. The number of rotatable bonds is 8. The van der Waals surface area contributed by atoms with Gasteiger partial charge in [-0.2, -0.15) is 0 Å². The van der Waals surface area contributed by atoms with E-state index in [4.69, 9.17) is 10.5 Å². The third-order valence-electron chi connectivity index (χ3n) is 3.87. The number of primary amides is 1. The highest BCUT2D eigenvalue weighted by Gasteiger charge is 2.09. The number of esters is 1. The number of benzene rings is 2. The van der Waals surface area contributed by atoms with Gasteiger partial charge in [0.15, 0.2) is 6.61 Å². The fraction of sp³-hybridized carbons (Fsp3) is 0.250. The molecule has 0 saturated carbocycles. The van der Waals surface area contributed by atoms with Crippen molar-refractivity contribution < 1.29 is 19.1 Å². The second-order valence-corrected chi connectivity index (χ2v) is 7.16. The van der Waals surface area contributed by atoms with Crippen LogP contribution in [0.2, 0.25) is 0 Å². The highest BCUT2D eigenvalue weighted by molar-refractivity contribution is 7.99. The number of nitrogens with two attached hydrogens (primary N) is 1. The number of amides is 2. The van der Waals surface area contributed by atoms with Crippen LogP contribution < -0.4 is 11.1 Å². The van der Waals surface area contributed by atoms with Gasteiger partial charge in [-0.05, 0) is 61.4 Å². The van der Waals surface area contributed by atoms with E-state index >= 15 is 0 Å². The number of carbonyl (C=O) groups is 3. The Kier molecular flexibility index (Phi) is 7.43. The number of aryl methyl sites for hydroxylation is 2. The maximum atomic E-state index is 11.8. The van der Waals surface area contributed by atoms with Gasteiger partial charge in [0, 0.05) is 21.9 Å². The lowest BCUT2D eigenvalue weighted by Crippen LogP contribution is -2.21. The van der Waals surface area contributed by atoms with Crippen LogP contribution in [-0.4, -0.2) is 30.1 Å². The van der Waals surface area contributed by atoms with Gasteiger partial charge in [-0.15, -0.1) is 11.8 Å². The molecule has 0 aliphatic carbocycles. The Bertz CT molecular complexity index is 834. The molecule has 0 heterocycles. The van der Waals surface area contributed by atoms with Crippen molar-refractivity contribution in [2.75, 3.05) is 17.7 Å². The van der Waals surface area contributed by atoms with Crippen LogP contribution in [0.25, 0.3) is 0 Å². The Morgan fingerprint density at radius 2 is 1.74 bits per heavy atom. The quantitative estimate of drug-likeness (QED) is 0.537. The summed E-state index contributed by atoms with van der Waals surface area (Å²) < 4.78 is 4.98. The first-order valence-corrected chi connectivity index (χ1v) is 9.39. The highest BCUT2D eigenvalue weighted by atomic mass is 32.2. The smallest absolute Gasteiger partial charge is 0.307 e. The number of ether oxygens (including phenoxy) is 1. The zero-order chi connectivity index (χ0) is 19.8. The van der Waals surface area contributed by atoms with E-state index in [0.717, 1.165) is 4.90 Å². The molecule has 2 rings (SSSR count). The number of hydrogen-bond acceptors (Lipinski definition) is 5. The fourth-order valence-electron chi connectivity index (χ4n) is 2.19. The lowest BCUT2D eigenvalue weighted by molar-refractivity contribution is -0.146. The molecule has 0 atom stereocenters. The first kappa shape index (κ1) is 20.5. The van der Waals surface area contributed by atoms with Gasteiger partial charge in [0.2, 0.25) is 5.91 Å². The van der Waals surface area contributed by atoms with Crippen LogP contribution in [0.5, 0.6) is 0 Å². The summed E-state index contributed by atoms with van der Waals surface area (Å²) in [4.78, 5) is 35.7. The Labute approximate surface area is 162 Å². The minimum atomic E-state index is -0.541. The first-order valence-electron chi connectivity index (χ1n) is 8.40. The van der Waals surface area contributed by atoms with Gasteiger partial charge in [0.1, 0.15) is 0 Å². The number of hydrogen-bond donors (Lipinski definition) is 2. The normalized spacial score (nSPS) is 10.3. The summed E-state index contributed by atoms with van der Waals surface area (Å²) in [6.07, 6.45) is 0.220. The maximum absolute atomic E-state index is 11.8. The molecular weight excluding hydrogens is 364 g/mol. The van der Waals surface area contributed by atoms with Crippen molar-refractivity contribution in [1.29, 1.82) is 0 Å². The van der Waals surface area contributed by atoms with Gasteiger partial charge in [-0.25, -0.2) is 0 Å². The lowest BCUT2D eigenvalue weighted by atomic mass is 10.1. The van der Waals surface area contributed by atoms with Crippen molar-refractivity contribution in [3.63, 3.8) is 0 Å². The SMILES string of the molecule is Cc1ccc(SCCC(=O)OCC(=O)Nc2ccc(C(N)=O)cc2)cc1C. The minimum absolute atomic E-state index is 0.220. The van der Waals surface area contributed by atoms with Gasteiger partial charge < -0.3 is 15.8 Å². The number of anilines is 1. The van der Waals surface area contributed by atoms with E-state index < -0.39 is 17.8 Å². The number of carbonyl (C=O) groups excluding carboxylic acids is 3. The largest absolute Gasteiger partial charge is 0.456 e. The zero-order valence-electron chi connectivity index (χ0n) is 15.3. The summed E-state index contributed by atoms with van der Waals surface area (Å²) in [5.74, 6) is -0.833. The van der Waals surface area contributed by atoms with E-state index in [1.807, 2.05) is 13.0 Å². The molecule has 0 spiro atoms. The molecule has 6 nitrogen and oxygen atoms in total. The Hall–Kier alpha value is -2.80. The van der Waals surface area contributed by atoms with Crippen molar-refractivity contribution in [3.05, 3.63) is 59.2 Å². The number of thioether (sulfide) groups is 1. The molecule has 0 aromatic heterocycles. The lowest BCUT2D eigenvalue weighted by Gasteiger charge is -2.07. The van der Waals surface area contributed by atoms with Gasteiger partial charge in [0.25, 0.3) is 5.91 Å². The second kappa shape index (κ2) is 9.78. The summed E-state index contributed by atoms with van der Waals surface area (Å²) in [7, 11) is 0. The molecule has 2 amide bonds. The molecule has 2 aromatic carbocycles. The van der Waals surface area contributed by atoms with Crippen molar-refractivity contribution in [1.82, 2.24) is 0 Å². The highest BCUT2D eigenvalue weighted by Crippen LogP contribution is 2.21. The molecule has 0 radical (unpaired) electrons. The van der Waals surface area contributed by atoms with Crippen LogP contribution in [0.3, 0.4) is 0 Å². The Morgan fingerprint density at radius 1 is 1.04 bits per heavy atom. The molecular formula is C20H22N2O4S. The third kappa shape index (κ3) is 6.79. The maximum Gasteiger partial charge on any atom is 0.307 e. The van der Waals surface area contributed by atoms with Crippen molar-refractivity contribution in [2.45, 2.75) is 25.2 Å². The summed E-state index contributed by atoms with van der Waals surface area (Å²) >= 11 is 1.57. The van der Waals surface area contributed by atoms with E-state index in [1.165, 1.54) is 23.3 Å². The molecule has 0 aliphatic heterocycles. The molecule has 7 heteroatoms. The number of nitrogens with one attached hydrogen (secondary N) is 1. The predicted octanol–water partition coefficient (Wildman–Crippen LogP) is 3.07. The fourth-order valence-corrected chi connectivity index (χ4v) is 3.12. The third-order valence-corrected chi connectivity index (χ3v) is 4.87. The molecule has 0 unspecified atom stereocenters. The van der Waals surface area contributed by atoms with Gasteiger partial charge in [0.05, 0.1) is 6.42 Å². The molecule has 142 valence electrons. The van der Waals surface area contributed by atoms with Crippen LogP contribution in [0.15, 0.2) is 47.4 Å². The van der Waals surface area contributed by atoms with E-state index in [1.54, 1.807) is 23.9 Å². The van der Waals surface area contributed by atoms with Crippen molar-refractivity contribution in [3.8, 4) is 0 Å². The monoisotopic (exact) mass is 386 g/mol.